The lowest BCUT2D eigenvalue weighted by Gasteiger charge is -2.25. The molecule has 1 fully saturated rings. The maximum Gasteiger partial charge on any atom is 0.295 e. The first kappa shape index (κ1) is 26.8. The van der Waals surface area contributed by atoms with Crippen LogP contribution in [0.3, 0.4) is 0 Å². The zero-order chi connectivity index (χ0) is 27.1. The molecule has 1 heterocycles. The maximum absolute atomic E-state index is 13.3. The highest BCUT2D eigenvalue weighted by atomic mass is 16.5. The van der Waals surface area contributed by atoms with Crippen molar-refractivity contribution in [3.05, 3.63) is 95.1 Å². The smallest absolute Gasteiger partial charge is 0.295 e. The summed E-state index contributed by atoms with van der Waals surface area (Å²) < 4.78 is 21.8. The van der Waals surface area contributed by atoms with Gasteiger partial charge in [-0.05, 0) is 47.9 Å². The minimum atomic E-state index is -0.800. The standard InChI is InChI=1S/C30H31NO7/c1-35-17-7-16-31-27(21-10-12-22(13-11-21)38-19-20-8-5-4-6-9-20)26(29(33)30(31)34)28(32)24-18-23(36-2)14-15-25(24)37-3/h4-6,8-15,18,27,32H,7,16-17,19H2,1-3H3/b28-26+. The van der Waals surface area contributed by atoms with Gasteiger partial charge in [0, 0.05) is 20.3 Å². The van der Waals surface area contributed by atoms with E-state index in [-0.39, 0.29) is 23.4 Å². The van der Waals surface area contributed by atoms with Gasteiger partial charge in [-0.15, -0.1) is 0 Å². The van der Waals surface area contributed by atoms with Crippen LogP contribution in [0.2, 0.25) is 0 Å². The lowest BCUT2D eigenvalue weighted by molar-refractivity contribution is -0.140. The van der Waals surface area contributed by atoms with E-state index in [4.69, 9.17) is 18.9 Å². The van der Waals surface area contributed by atoms with E-state index < -0.39 is 17.7 Å². The molecule has 0 aliphatic carbocycles. The molecular formula is C30H31NO7. The van der Waals surface area contributed by atoms with Crippen molar-refractivity contribution in [3.63, 3.8) is 0 Å². The van der Waals surface area contributed by atoms with Crippen LogP contribution in [0.15, 0.2) is 78.4 Å². The molecule has 3 aromatic rings. The van der Waals surface area contributed by atoms with Crippen LogP contribution < -0.4 is 14.2 Å². The molecule has 1 amide bonds. The molecule has 0 radical (unpaired) electrons. The van der Waals surface area contributed by atoms with E-state index in [1.54, 1.807) is 49.6 Å². The van der Waals surface area contributed by atoms with Crippen molar-refractivity contribution in [1.82, 2.24) is 4.90 Å². The van der Waals surface area contributed by atoms with Crippen molar-refractivity contribution in [1.29, 1.82) is 0 Å². The minimum Gasteiger partial charge on any atom is -0.507 e. The monoisotopic (exact) mass is 517 g/mol. The number of likely N-dealkylation sites (tertiary alicyclic amines) is 1. The number of rotatable bonds is 11. The Bertz CT molecular complexity index is 1300. The van der Waals surface area contributed by atoms with Crippen molar-refractivity contribution >= 4 is 17.4 Å². The molecule has 8 heteroatoms. The molecule has 1 aliphatic rings. The molecule has 0 bridgehead atoms. The van der Waals surface area contributed by atoms with E-state index in [9.17, 15) is 14.7 Å². The van der Waals surface area contributed by atoms with Crippen molar-refractivity contribution in [3.8, 4) is 17.2 Å². The number of benzene rings is 3. The molecule has 0 aromatic heterocycles. The third-order valence-corrected chi connectivity index (χ3v) is 6.39. The number of carbonyl (C=O) groups excluding carboxylic acids is 2. The van der Waals surface area contributed by atoms with Crippen molar-refractivity contribution in [2.45, 2.75) is 19.1 Å². The molecule has 198 valence electrons. The fourth-order valence-electron chi connectivity index (χ4n) is 4.47. The highest BCUT2D eigenvalue weighted by Crippen LogP contribution is 2.42. The van der Waals surface area contributed by atoms with E-state index in [0.717, 1.165) is 5.56 Å². The van der Waals surface area contributed by atoms with Crippen molar-refractivity contribution in [2.24, 2.45) is 0 Å². The Balaban J connectivity index is 1.73. The van der Waals surface area contributed by atoms with Crippen LogP contribution in [-0.4, -0.2) is 56.2 Å². The van der Waals surface area contributed by atoms with Gasteiger partial charge < -0.3 is 29.0 Å². The van der Waals surface area contributed by atoms with Gasteiger partial charge in [0.15, 0.2) is 0 Å². The van der Waals surface area contributed by atoms with Crippen LogP contribution >= 0.6 is 0 Å². The molecule has 1 saturated heterocycles. The Labute approximate surface area is 222 Å². The molecule has 1 unspecified atom stereocenters. The van der Waals surface area contributed by atoms with Crippen LogP contribution in [-0.2, 0) is 20.9 Å². The summed E-state index contributed by atoms with van der Waals surface area (Å²) in [4.78, 5) is 27.9. The van der Waals surface area contributed by atoms with Crippen LogP contribution in [0.5, 0.6) is 17.2 Å². The second-order valence-electron chi connectivity index (χ2n) is 8.75. The summed E-state index contributed by atoms with van der Waals surface area (Å²) in [5.41, 5.74) is 1.94. The quantitative estimate of drug-likeness (QED) is 0.170. The summed E-state index contributed by atoms with van der Waals surface area (Å²) in [7, 11) is 4.55. The third kappa shape index (κ3) is 5.65. The molecule has 1 N–H and O–H groups in total. The van der Waals surface area contributed by atoms with Gasteiger partial charge in [-0.1, -0.05) is 42.5 Å². The Morgan fingerprint density at radius 1 is 0.895 bits per heavy atom. The predicted octanol–water partition coefficient (Wildman–Crippen LogP) is 4.74. The lowest BCUT2D eigenvalue weighted by Crippen LogP contribution is -2.31. The van der Waals surface area contributed by atoms with Gasteiger partial charge >= 0.3 is 0 Å². The summed E-state index contributed by atoms with van der Waals surface area (Å²) in [6.07, 6.45) is 0.529. The molecule has 4 rings (SSSR count). The van der Waals surface area contributed by atoms with Gasteiger partial charge in [-0.3, -0.25) is 9.59 Å². The van der Waals surface area contributed by atoms with Crippen molar-refractivity contribution < 1.29 is 33.6 Å². The number of hydrogen-bond acceptors (Lipinski definition) is 7. The number of aliphatic hydroxyl groups excluding tert-OH is 1. The molecule has 0 saturated carbocycles. The first-order valence-electron chi connectivity index (χ1n) is 12.2. The number of hydrogen-bond donors (Lipinski definition) is 1. The second kappa shape index (κ2) is 12.3. The van der Waals surface area contributed by atoms with E-state index in [1.807, 2.05) is 30.3 Å². The van der Waals surface area contributed by atoms with Crippen LogP contribution in [0.4, 0.5) is 0 Å². The second-order valence-corrected chi connectivity index (χ2v) is 8.75. The third-order valence-electron chi connectivity index (χ3n) is 6.39. The largest absolute Gasteiger partial charge is 0.507 e. The topological polar surface area (TPSA) is 94.5 Å². The Hall–Kier alpha value is -4.30. The fourth-order valence-corrected chi connectivity index (χ4v) is 4.47. The zero-order valence-corrected chi connectivity index (χ0v) is 21.7. The van der Waals surface area contributed by atoms with E-state index in [1.165, 1.54) is 19.1 Å². The molecule has 38 heavy (non-hydrogen) atoms. The molecule has 1 aliphatic heterocycles. The SMILES string of the molecule is COCCCN1C(=O)C(=O)/C(=C(/O)c2cc(OC)ccc2OC)C1c1ccc(OCc2ccccc2)cc1. The summed E-state index contributed by atoms with van der Waals surface area (Å²) in [5, 5.41) is 11.4. The zero-order valence-electron chi connectivity index (χ0n) is 21.7. The van der Waals surface area contributed by atoms with E-state index in [0.29, 0.717) is 42.4 Å². The normalized spacial score (nSPS) is 16.5. The first-order chi connectivity index (χ1) is 18.5. The number of ketones is 1. The Morgan fingerprint density at radius 2 is 1.61 bits per heavy atom. The van der Waals surface area contributed by atoms with Crippen molar-refractivity contribution in [2.75, 3.05) is 34.5 Å². The number of methoxy groups -OCH3 is 3. The highest BCUT2D eigenvalue weighted by Gasteiger charge is 2.46. The molecule has 8 nitrogen and oxygen atoms in total. The van der Waals surface area contributed by atoms with Gasteiger partial charge in [-0.25, -0.2) is 0 Å². The van der Waals surface area contributed by atoms with E-state index in [2.05, 4.69) is 0 Å². The molecule has 3 aromatic carbocycles. The summed E-state index contributed by atoms with van der Waals surface area (Å²) in [6, 6.07) is 21.1. The lowest BCUT2D eigenvalue weighted by atomic mass is 9.94. The Morgan fingerprint density at radius 3 is 2.26 bits per heavy atom. The molecular weight excluding hydrogens is 486 g/mol. The highest BCUT2D eigenvalue weighted by molar-refractivity contribution is 6.46. The van der Waals surface area contributed by atoms with Crippen LogP contribution in [0, 0.1) is 0 Å². The summed E-state index contributed by atoms with van der Waals surface area (Å²) in [5.74, 6) is -0.320. The number of amides is 1. The number of aliphatic hydroxyl groups is 1. The van der Waals surface area contributed by atoms with Gasteiger partial charge in [0.1, 0.15) is 29.6 Å². The van der Waals surface area contributed by atoms with Crippen LogP contribution in [0.1, 0.15) is 29.2 Å². The minimum absolute atomic E-state index is 0.0167. The molecule has 1 atom stereocenters. The summed E-state index contributed by atoms with van der Waals surface area (Å²) >= 11 is 0. The fraction of sp³-hybridized carbons (Fsp3) is 0.267. The number of Topliss-reactive ketones (excluding diaryl/α,β-unsaturated/α-hetero) is 1. The first-order valence-corrected chi connectivity index (χ1v) is 12.2. The Kier molecular flexibility index (Phi) is 8.66. The van der Waals surface area contributed by atoms with Gasteiger partial charge in [-0.2, -0.15) is 0 Å². The predicted molar refractivity (Wildman–Crippen MR) is 142 cm³/mol. The maximum atomic E-state index is 13.3. The summed E-state index contributed by atoms with van der Waals surface area (Å²) in [6.45, 7) is 1.11. The average Bonchev–Trinajstić information content (AvgIpc) is 3.21. The van der Waals surface area contributed by atoms with Crippen LogP contribution in [0.25, 0.3) is 5.76 Å². The number of ether oxygens (including phenoxy) is 4. The molecule has 0 spiro atoms. The number of carbonyl (C=O) groups is 2. The number of nitrogens with zero attached hydrogens (tertiary/aromatic N) is 1. The van der Waals surface area contributed by atoms with Gasteiger partial charge in [0.05, 0.1) is 31.4 Å². The van der Waals surface area contributed by atoms with E-state index >= 15 is 0 Å². The van der Waals surface area contributed by atoms with Gasteiger partial charge in [0.25, 0.3) is 11.7 Å². The van der Waals surface area contributed by atoms with Gasteiger partial charge in [0.2, 0.25) is 0 Å². The average molecular weight is 518 g/mol.